The van der Waals surface area contributed by atoms with Crippen molar-refractivity contribution < 1.29 is 4.74 Å². The second-order valence-electron chi connectivity index (χ2n) is 8.03. The number of unbranched alkanes of at least 4 members (excludes halogenated alkanes) is 4. The Kier molecular flexibility index (Phi) is 12.2. The van der Waals surface area contributed by atoms with E-state index in [1.54, 1.807) is 0 Å². The number of hydrogen-bond acceptors (Lipinski definition) is 3. The van der Waals surface area contributed by atoms with E-state index in [0.29, 0.717) is 6.61 Å². The second kappa shape index (κ2) is 15.0. The number of benzene rings is 2. The molecule has 0 aliphatic rings. The molecule has 2 rings (SSSR count). The SMILES string of the molecule is CCCCCC/C=C(/CNCCCN(CC)CC)COc1cccc2ccccc12. The molecule has 0 unspecified atom stereocenters. The molecule has 0 atom stereocenters. The van der Waals surface area contributed by atoms with Gasteiger partial charge in [-0.15, -0.1) is 0 Å². The molecule has 0 aliphatic carbocycles. The fourth-order valence-corrected chi connectivity index (χ4v) is 3.77. The lowest BCUT2D eigenvalue weighted by atomic mass is 10.1. The molecule has 3 heteroatoms. The van der Waals surface area contributed by atoms with Crippen LogP contribution in [0.15, 0.2) is 54.1 Å². The van der Waals surface area contributed by atoms with Crippen molar-refractivity contribution in [1.82, 2.24) is 10.2 Å². The average molecular weight is 411 g/mol. The van der Waals surface area contributed by atoms with Crippen LogP contribution in [-0.4, -0.2) is 44.2 Å². The molecular weight excluding hydrogens is 368 g/mol. The van der Waals surface area contributed by atoms with Crippen molar-refractivity contribution >= 4 is 10.8 Å². The number of nitrogens with zero attached hydrogens (tertiary/aromatic N) is 1. The predicted octanol–water partition coefficient (Wildman–Crippen LogP) is 6.44. The molecule has 0 spiro atoms. The third-order valence-electron chi connectivity index (χ3n) is 5.73. The summed E-state index contributed by atoms with van der Waals surface area (Å²) < 4.78 is 6.27. The van der Waals surface area contributed by atoms with E-state index in [1.165, 1.54) is 55.0 Å². The van der Waals surface area contributed by atoms with E-state index < -0.39 is 0 Å². The second-order valence-corrected chi connectivity index (χ2v) is 8.03. The summed E-state index contributed by atoms with van der Waals surface area (Å²) >= 11 is 0. The highest BCUT2D eigenvalue weighted by Gasteiger charge is 2.04. The van der Waals surface area contributed by atoms with Crippen molar-refractivity contribution in [3.63, 3.8) is 0 Å². The van der Waals surface area contributed by atoms with Crippen molar-refractivity contribution in [3.05, 3.63) is 54.1 Å². The van der Waals surface area contributed by atoms with Gasteiger partial charge in [-0.25, -0.2) is 0 Å². The first-order chi connectivity index (χ1) is 14.8. The Morgan fingerprint density at radius 2 is 1.73 bits per heavy atom. The van der Waals surface area contributed by atoms with Crippen molar-refractivity contribution in [2.75, 3.05) is 39.3 Å². The lowest BCUT2D eigenvalue weighted by molar-refractivity contribution is 0.298. The van der Waals surface area contributed by atoms with E-state index in [1.807, 2.05) is 0 Å². The molecule has 2 aromatic rings. The molecule has 0 radical (unpaired) electrons. The number of rotatable bonds is 16. The summed E-state index contributed by atoms with van der Waals surface area (Å²) in [6.45, 7) is 12.8. The van der Waals surface area contributed by atoms with Crippen molar-refractivity contribution in [3.8, 4) is 5.75 Å². The highest BCUT2D eigenvalue weighted by atomic mass is 16.5. The summed E-state index contributed by atoms with van der Waals surface area (Å²) in [5.74, 6) is 0.978. The van der Waals surface area contributed by atoms with Crippen LogP contribution in [-0.2, 0) is 0 Å². The maximum atomic E-state index is 6.27. The Morgan fingerprint density at radius 3 is 2.53 bits per heavy atom. The van der Waals surface area contributed by atoms with Crippen molar-refractivity contribution in [2.24, 2.45) is 0 Å². The molecular formula is C27H42N2O. The van der Waals surface area contributed by atoms with E-state index >= 15 is 0 Å². The van der Waals surface area contributed by atoms with Crippen LogP contribution >= 0.6 is 0 Å². The molecule has 3 nitrogen and oxygen atoms in total. The zero-order valence-corrected chi connectivity index (χ0v) is 19.5. The van der Waals surface area contributed by atoms with Crippen LogP contribution in [0.4, 0.5) is 0 Å². The maximum absolute atomic E-state index is 6.27. The quantitative estimate of drug-likeness (QED) is 0.255. The number of nitrogens with one attached hydrogen (secondary N) is 1. The normalized spacial score (nSPS) is 12.1. The lowest BCUT2D eigenvalue weighted by Gasteiger charge is -2.18. The Bertz CT molecular complexity index is 731. The van der Waals surface area contributed by atoms with Crippen LogP contribution in [0.5, 0.6) is 5.75 Å². The minimum Gasteiger partial charge on any atom is -0.489 e. The summed E-state index contributed by atoms with van der Waals surface area (Å²) in [6, 6.07) is 14.8. The third-order valence-corrected chi connectivity index (χ3v) is 5.73. The zero-order valence-electron chi connectivity index (χ0n) is 19.5. The van der Waals surface area contributed by atoms with Crippen LogP contribution in [0.25, 0.3) is 10.8 Å². The van der Waals surface area contributed by atoms with Gasteiger partial charge in [0, 0.05) is 11.9 Å². The van der Waals surface area contributed by atoms with E-state index in [2.05, 4.69) is 79.5 Å². The molecule has 0 aliphatic heterocycles. The molecule has 0 saturated heterocycles. The molecule has 0 saturated carbocycles. The Hall–Kier alpha value is -1.84. The Balaban J connectivity index is 1.88. The highest BCUT2D eigenvalue weighted by Crippen LogP contribution is 2.25. The van der Waals surface area contributed by atoms with Gasteiger partial charge in [0.1, 0.15) is 12.4 Å². The molecule has 0 fully saturated rings. The van der Waals surface area contributed by atoms with Gasteiger partial charge in [0.15, 0.2) is 0 Å². The van der Waals surface area contributed by atoms with Crippen LogP contribution in [0.3, 0.4) is 0 Å². The largest absolute Gasteiger partial charge is 0.489 e. The topological polar surface area (TPSA) is 24.5 Å². The minimum atomic E-state index is 0.658. The number of allylic oxidation sites excluding steroid dienone is 1. The van der Waals surface area contributed by atoms with Gasteiger partial charge in [-0.2, -0.15) is 0 Å². The first-order valence-corrected chi connectivity index (χ1v) is 12.0. The van der Waals surface area contributed by atoms with Gasteiger partial charge in [0.05, 0.1) is 0 Å². The monoisotopic (exact) mass is 410 g/mol. The summed E-state index contributed by atoms with van der Waals surface area (Å²) in [6.07, 6.45) is 9.95. The number of ether oxygens (including phenoxy) is 1. The maximum Gasteiger partial charge on any atom is 0.127 e. The summed E-state index contributed by atoms with van der Waals surface area (Å²) in [7, 11) is 0. The van der Waals surface area contributed by atoms with Gasteiger partial charge in [0.2, 0.25) is 0 Å². The minimum absolute atomic E-state index is 0.658. The van der Waals surface area contributed by atoms with Gasteiger partial charge < -0.3 is 15.0 Å². The van der Waals surface area contributed by atoms with Crippen molar-refractivity contribution in [1.29, 1.82) is 0 Å². The first-order valence-electron chi connectivity index (χ1n) is 12.0. The fourth-order valence-electron chi connectivity index (χ4n) is 3.77. The first kappa shape index (κ1) is 24.4. The van der Waals surface area contributed by atoms with Gasteiger partial charge >= 0.3 is 0 Å². The van der Waals surface area contributed by atoms with Gasteiger partial charge in [-0.05, 0) is 62.5 Å². The highest BCUT2D eigenvalue weighted by molar-refractivity contribution is 5.88. The van der Waals surface area contributed by atoms with Crippen LogP contribution in [0, 0.1) is 0 Å². The van der Waals surface area contributed by atoms with Crippen LogP contribution < -0.4 is 10.1 Å². The fraction of sp³-hybridized carbons (Fsp3) is 0.556. The predicted molar refractivity (Wildman–Crippen MR) is 132 cm³/mol. The Labute approximate surface area is 184 Å². The lowest BCUT2D eigenvalue weighted by Crippen LogP contribution is -2.28. The molecule has 0 aromatic heterocycles. The zero-order chi connectivity index (χ0) is 21.4. The standard InChI is InChI=1S/C27H42N2O/c1-4-7-8-9-10-15-24(22-28-20-14-21-29(5-2)6-3)23-30-27-19-13-17-25-16-11-12-18-26(25)27/h11-13,15-19,28H,4-10,14,20-23H2,1-3H3/b24-15-. The molecule has 1 N–H and O–H groups in total. The summed E-state index contributed by atoms with van der Waals surface area (Å²) in [4.78, 5) is 2.48. The molecule has 166 valence electrons. The Morgan fingerprint density at radius 1 is 0.933 bits per heavy atom. The van der Waals surface area contributed by atoms with Gasteiger partial charge in [-0.3, -0.25) is 0 Å². The molecule has 0 bridgehead atoms. The van der Waals surface area contributed by atoms with Crippen LogP contribution in [0.2, 0.25) is 0 Å². The van der Waals surface area contributed by atoms with Crippen LogP contribution in [0.1, 0.15) is 59.3 Å². The molecule has 0 amide bonds. The van der Waals surface area contributed by atoms with Crippen molar-refractivity contribution in [2.45, 2.75) is 59.3 Å². The molecule has 0 heterocycles. The van der Waals surface area contributed by atoms with Gasteiger partial charge in [0.25, 0.3) is 0 Å². The van der Waals surface area contributed by atoms with E-state index in [0.717, 1.165) is 38.3 Å². The van der Waals surface area contributed by atoms with E-state index in [9.17, 15) is 0 Å². The smallest absolute Gasteiger partial charge is 0.127 e. The van der Waals surface area contributed by atoms with E-state index in [4.69, 9.17) is 4.74 Å². The number of fused-ring (bicyclic) bond motifs is 1. The molecule has 2 aromatic carbocycles. The average Bonchev–Trinajstić information content (AvgIpc) is 2.79. The molecule has 30 heavy (non-hydrogen) atoms. The third kappa shape index (κ3) is 8.89. The number of hydrogen-bond donors (Lipinski definition) is 1. The summed E-state index contributed by atoms with van der Waals surface area (Å²) in [5, 5.41) is 6.06. The summed E-state index contributed by atoms with van der Waals surface area (Å²) in [5.41, 5.74) is 1.36. The van der Waals surface area contributed by atoms with E-state index in [-0.39, 0.29) is 0 Å². The van der Waals surface area contributed by atoms with Gasteiger partial charge in [-0.1, -0.05) is 82.5 Å².